The fraction of sp³-hybridized carbons (Fsp3) is 0.182. The molecule has 1 aromatic heterocycles. The van der Waals surface area contributed by atoms with Crippen molar-refractivity contribution in [3.63, 3.8) is 0 Å². The summed E-state index contributed by atoms with van der Waals surface area (Å²) in [7, 11) is 6.23. The molecule has 0 amide bonds. The van der Waals surface area contributed by atoms with E-state index in [4.69, 9.17) is 30.5 Å². The van der Waals surface area contributed by atoms with Crippen molar-refractivity contribution < 1.29 is 18.9 Å². The van der Waals surface area contributed by atoms with Gasteiger partial charge in [0.1, 0.15) is 28.1 Å². The molecule has 0 saturated carbocycles. The molecule has 0 radical (unpaired) electrons. The monoisotopic (exact) mass is 457 g/mol. The number of anilines is 1. The van der Waals surface area contributed by atoms with Crippen molar-refractivity contribution in [2.45, 2.75) is 0 Å². The second kappa shape index (κ2) is 10.1. The number of methoxy groups -OCH3 is 4. The summed E-state index contributed by atoms with van der Waals surface area (Å²) in [6, 6.07) is 11.1. The Labute approximate surface area is 189 Å². The Hall–Kier alpha value is -3.41. The number of thiazole rings is 1. The van der Waals surface area contributed by atoms with Crippen molar-refractivity contribution in [2.24, 2.45) is 0 Å². The molecular formula is C22H20ClN3O4S. The minimum Gasteiger partial charge on any atom is -0.495 e. The third-order valence-electron chi connectivity index (χ3n) is 4.38. The normalized spacial score (nSPS) is 10.9. The third-order valence-corrected chi connectivity index (χ3v) is 5.55. The minimum absolute atomic E-state index is 0.368. The highest BCUT2D eigenvalue weighted by Crippen LogP contribution is 2.37. The molecule has 0 aliphatic carbocycles. The lowest BCUT2D eigenvalue weighted by Crippen LogP contribution is -1.96. The highest BCUT2D eigenvalue weighted by atomic mass is 35.5. The molecule has 0 fully saturated rings. The molecule has 1 heterocycles. The summed E-state index contributed by atoms with van der Waals surface area (Å²) < 4.78 is 21.2. The van der Waals surface area contributed by atoms with Crippen molar-refractivity contribution in [2.75, 3.05) is 33.8 Å². The maximum atomic E-state index is 9.65. The van der Waals surface area contributed by atoms with E-state index in [1.807, 2.05) is 23.6 Å². The number of aromatic nitrogens is 1. The zero-order valence-electron chi connectivity index (χ0n) is 17.4. The second-order valence-corrected chi connectivity index (χ2v) is 7.37. The van der Waals surface area contributed by atoms with Gasteiger partial charge >= 0.3 is 0 Å². The molecule has 2 aromatic carbocycles. The number of nitriles is 1. The zero-order chi connectivity index (χ0) is 22.4. The number of nitrogens with zero attached hydrogens (tertiary/aromatic N) is 2. The highest BCUT2D eigenvalue weighted by Gasteiger charge is 2.13. The van der Waals surface area contributed by atoms with Gasteiger partial charge in [0, 0.05) is 29.3 Å². The SMILES string of the molecule is COc1cc(NC=C(C#N)c2nc(-c3ccc(OC)c(OC)c3)cs2)c(OC)cc1Cl. The van der Waals surface area contributed by atoms with E-state index in [2.05, 4.69) is 16.4 Å². The molecule has 0 spiro atoms. The largest absolute Gasteiger partial charge is 0.495 e. The lowest BCUT2D eigenvalue weighted by atomic mass is 10.1. The Balaban J connectivity index is 1.89. The van der Waals surface area contributed by atoms with Gasteiger partial charge in [0.15, 0.2) is 11.5 Å². The van der Waals surface area contributed by atoms with Crippen LogP contribution in [0.5, 0.6) is 23.0 Å². The Bertz CT molecular complexity index is 1150. The van der Waals surface area contributed by atoms with Crippen LogP contribution in [0, 0.1) is 11.3 Å². The van der Waals surface area contributed by atoms with E-state index in [-0.39, 0.29) is 0 Å². The molecule has 0 atom stereocenters. The van der Waals surface area contributed by atoms with Crippen molar-refractivity contribution >= 4 is 34.2 Å². The van der Waals surface area contributed by atoms with Gasteiger partial charge in [-0.05, 0) is 18.2 Å². The van der Waals surface area contributed by atoms with E-state index in [1.54, 1.807) is 32.6 Å². The van der Waals surface area contributed by atoms with Crippen molar-refractivity contribution in [3.8, 4) is 40.3 Å². The molecule has 0 saturated heterocycles. The fourth-order valence-corrected chi connectivity index (χ4v) is 3.82. The van der Waals surface area contributed by atoms with Gasteiger partial charge in [-0.1, -0.05) is 11.6 Å². The smallest absolute Gasteiger partial charge is 0.161 e. The Morgan fingerprint density at radius 1 is 1.00 bits per heavy atom. The first-order valence-electron chi connectivity index (χ1n) is 9.01. The lowest BCUT2D eigenvalue weighted by Gasteiger charge is -2.12. The molecule has 0 unspecified atom stereocenters. The molecule has 0 aliphatic heterocycles. The summed E-state index contributed by atoms with van der Waals surface area (Å²) >= 11 is 7.51. The van der Waals surface area contributed by atoms with Crippen molar-refractivity contribution in [1.82, 2.24) is 4.98 Å². The quantitative estimate of drug-likeness (QED) is 0.448. The zero-order valence-corrected chi connectivity index (χ0v) is 18.9. The van der Waals surface area contributed by atoms with Crippen LogP contribution in [-0.2, 0) is 0 Å². The second-order valence-electron chi connectivity index (χ2n) is 6.11. The van der Waals surface area contributed by atoms with Gasteiger partial charge in [-0.15, -0.1) is 11.3 Å². The van der Waals surface area contributed by atoms with Gasteiger partial charge in [-0.3, -0.25) is 0 Å². The molecule has 3 aromatic rings. The first kappa shape index (κ1) is 22.3. The fourth-order valence-electron chi connectivity index (χ4n) is 2.79. The van der Waals surface area contributed by atoms with Gasteiger partial charge in [-0.2, -0.15) is 5.26 Å². The Kier molecular flexibility index (Phi) is 7.23. The minimum atomic E-state index is 0.368. The van der Waals surface area contributed by atoms with Crippen LogP contribution in [0.25, 0.3) is 16.8 Å². The van der Waals surface area contributed by atoms with E-state index in [9.17, 15) is 5.26 Å². The number of ether oxygens (including phenoxy) is 4. The van der Waals surface area contributed by atoms with E-state index >= 15 is 0 Å². The van der Waals surface area contributed by atoms with Crippen molar-refractivity contribution in [3.05, 3.63) is 51.9 Å². The van der Waals surface area contributed by atoms with Gasteiger partial charge in [0.05, 0.1) is 44.8 Å². The molecule has 3 rings (SSSR count). The molecule has 9 heteroatoms. The van der Waals surface area contributed by atoms with Gasteiger partial charge in [-0.25, -0.2) is 4.98 Å². The number of rotatable bonds is 8. The maximum Gasteiger partial charge on any atom is 0.161 e. The number of benzene rings is 2. The summed E-state index contributed by atoms with van der Waals surface area (Å²) in [6.45, 7) is 0. The summed E-state index contributed by atoms with van der Waals surface area (Å²) in [6.07, 6.45) is 1.57. The summed E-state index contributed by atoms with van der Waals surface area (Å²) in [5, 5.41) is 15.6. The van der Waals surface area contributed by atoms with Gasteiger partial charge in [0.25, 0.3) is 0 Å². The number of hydrogen-bond acceptors (Lipinski definition) is 8. The first-order chi connectivity index (χ1) is 15.0. The lowest BCUT2D eigenvalue weighted by molar-refractivity contribution is 0.355. The maximum absolute atomic E-state index is 9.65. The van der Waals surface area contributed by atoms with Crippen LogP contribution >= 0.6 is 22.9 Å². The number of hydrogen-bond donors (Lipinski definition) is 1. The van der Waals surface area contributed by atoms with Crippen LogP contribution in [0.1, 0.15) is 5.01 Å². The molecule has 7 nitrogen and oxygen atoms in total. The van der Waals surface area contributed by atoms with E-state index in [0.29, 0.717) is 44.3 Å². The predicted octanol–water partition coefficient (Wildman–Crippen LogP) is 5.47. The van der Waals surface area contributed by atoms with E-state index in [0.717, 1.165) is 11.3 Å². The van der Waals surface area contributed by atoms with E-state index in [1.165, 1.54) is 25.6 Å². The van der Waals surface area contributed by atoms with Crippen molar-refractivity contribution in [1.29, 1.82) is 5.26 Å². The van der Waals surface area contributed by atoms with E-state index < -0.39 is 0 Å². The van der Waals surface area contributed by atoms with Crippen LogP contribution in [0.2, 0.25) is 5.02 Å². The standard InChI is InChI=1S/C22H20ClN3O4S/c1-27-18-6-5-13(7-21(18)30-4)17-12-31-22(26-17)14(10-24)11-25-16-9-19(28-2)15(23)8-20(16)29-3/h5-9,11-12,25H,1-4H3. The molecular weight excluding hydrogens is 438 g/mol. The topological polar surface area (TPSA) is 85.6 Å². The molecule has 160 valence electrons. The third kappa shape index (κ3) is 4.85. The number of halogens is 1. The first-order valence-corrected chi connectivity index (χ1v) is 10.3. The average molecular weight is 458 g/mol. The van der Waals surface area contributed by atoms with Crippen LogP contribution in [-0.4, -0.2) is 33.4 Å². The van der Waals surface area contributed by atoms with Gasteiger partial charge < -0.3 is 24.3 Å². The van der Waals surface area contributed by atoms with Crippen LogP contribution in [0.4, 0.5) is 5.69 Å². The van der Waals surface area contributed by atoms with Gasteiger partial charge in [0.2, 0.25) is 0 Å². The summed E-state index contributed by atoms with van der Waals surface area (Å²) in [5.74, 6) is 2.25. The molecule has 31 heavy (non-hydrogen) atoms. The van der Waals surface area contributed by atoms with Crippen LogP contribution in [0.15, 0.2) is 41.9 Å². The molecule has 1 N–H and O–H groups in total. The van der Waals surface area contributed by atoms with Crippen LogP contribution in [0.3, 0.4) is 0 Å². The predicted molar refractivity (Wildman–Crippen MR) is 122 cm³/mol. The highest BCUT2D eigenvalue weighted by molar-refractivity contribution is 7.11. The summed E-state index contributed by atoms with van der Waals surface area (Å²) in [4.78, 5) is 4.60. The Morgan fingerprint density at radius 3 is 2.35 bits per heavy atom. The number of nitrogens with one attached hydrogen (secondary N) is 1. The van der Waals surface area contributed by atoms with Crippen LogP contribution < -0.4 is 24.3 Å². The number of allylic oxidation sites excluding steroid dienone is 1. The molecule has 0 aliphatic rings. The summed E-state index contributed by atoms with van der Waals surface area (Å²) in [5.41, 5.74) is 2.56. The Morgan fingerprint density at radius 2 is 1.71 bits per heavy atom. The average Bonchev–Trinajstić information content (AvgIpc) is 3.29. The molecule has 0 bridgehead atoms.